The van der Waals surface area contributed by atoms with E-state index in [4.69, 9.17) is 0 Å². The van der Waals surface area contributed by atoms with Crippen LogP contribution in [0.5, 0.6) is 0 Å². The summed E-state index contributed by atoms with van der Waals surface area (Å²) in [7, 11) is 0. The molecule has 1 fully saturated rings. The van der Waals surface area contributed by atoms with Gasteiger partial charge in [0.15, 0.2) is 0 Å². The number of hydrogen-bond donors (Lipinski definition) is 1. The van der Waals surface area contributed by atoms with E-state index in [1.807, 2.05) is 0 Å². The molecule has 2 nitrogen and oxygen atoms in total. The first-order valence-electron chi connectivity index (χ1n) is 2.16. The number of carbonyl (C=O) groups excluding carboxylic acids is 1. The van der Waals surface area contributed by atoms with Gasteiger partial charge in [-0.3, -0.25) is 4.79 Å². The van der Waals surface area contributed by atoms with Gasteiger partial charge in [0.25, 0.3) is 0 Å². The van der Waals surface area contributed by atoms with Crippen molar-refractivity contribution in [2.75, 3.05) is 6.54 Å². The van der Waals surface area contributed by atoms with E-state index in [9.17, 15) is 4.79 Å². The van der Waals surface area contributed by atoms with E-state index in [0.29, 0.717) is 0 Å². The van der Waals surface area contributed by atoms with Crippen molar-refractivity contribution in [1.29, 1.82) is 0 Å². The minimum atomic E-state index is 0. The second-order valence-electron chi connectivity index (χ2n) is 1.45. The topological polar surface area (TPSA) is 29.1 Å². The van der Waals surface area contributed by atoms with Crippen molar-refractivity contribution in [3.8, 4) is 0 Å². The Morgan fingerprint density at radius 1 is 1.33 bits per heavy atom. The molecule has 0 aromatic rings. The number of carbonyl (C=O) groups is 1. The van der Waals surface area contributed by atoms with Crippen LogP contribution < -0.4 is 39.3 Å². The number of halogens is 2. The molecule has 1 N–H and O–H groups in total. The zero-order valence-electron chi connectivity index (χ0n) is 4.99. The van der Waals surface area contributed by atoms with Crippen molar-refractivity contribution in [2.24, 2.45) is 0 Å². The predicted octanol–water partition coefficient (Wildman–Crippen LogP) is -6.48. The van der Waals surface area contributed by atoms with Crippen molar-refractivity contribution in [1.82, 2.24) is 5.32 Å². The summed E-state index contributed by atoms with van der Waals surface area (Å²) in [4.78, 5) is 10.1. The normalized spacial score (nSPS) is 14.0. The Balaban J connectivity index is -0.000000120. The summed E-state index contributed by atoms with van der Waals surface area (Å²) in [6.07, 6.45) is 1.76. The quantitative estimate of drug-likeness (QED) is 0.435. The average molecular weight is 269 g/mol. The molecule has 1 heterocycles. The maximum atomic E-state index is 10.1. The fraction of sp³-hybridized carbons (Fsp3) is 0.750. The zero-order valence-corrected chi connectivity index (χ0v) is 9.58. The van der Waals surface area contributed by atoms with Gasteiger partial charge in [-0.15, -0.1) is 0 Å². The standard InChI is InChI=1S/C4H7NO.2BrH.Mg/c6-4-2-1-3-5-4;;;/h1-3H2,(H,5,6);2*1H;/q;;;+2/p-2. The Kier molecular flexibility index (Phi) is 17.0. The molecule has 1 amide bonds. The summed E-state index contributed by atoms with van der Waals surface area (Å²) in [6.45, 7) is 0.888. The summed E-state index contributed by atoms with van der Waals surface area (Å²) in [5.74, 6) is 0.204. The first kappa shape index (κ1) is 16.7. The smallest absolute Gasteiger partial charge is 1.00 e. The van der Waals surface area contributed by atoms with Crippen LogP contribution in [0.2, 0.25) is 0 Å². The minimum absolute atomic E-state index is 0. The van der Waals surface area contributed by atoms with Crippen LogP contribution in [-0.4, -0.2) is 35.5 Å². The van der Waals surface area contributed by atoms with E-state index < -0.39 is 0 Å². The van der Waals surface area contributed by atoms with Crippen LogP contribution >= 0.6 is 0 Å². The van der Waals surface area contributed by atoms with E-state index in [-0.39, 0.29) is 62.9 Å². The monoisotopic (exact) mass is 267 g/mol. The van der Waals surface area contributed by atoms with Crippen molar-refractivity contribution in [3.63, 3.8) is 0 Å². The molecule has 0 aromatic carbocycles. The van der Waals surface area contributed by atoms with E-state index in [1.54, 1.807) is 0 Å². The van der Waals surface area contributed by atoms with Crippen molar-refractivity contribution >= 4 is 29.0 Å². The molecule has 50 valence electrons. The Hall–Kier alpha value is 1.20. The third-order valence-corrected chi connectivity index (χ3v) is 0.903. The fourth-order valence-electron chi connectivity index (χ4n) is 0.565. The molecule has 1 saturated heterocycles. The zero-order chi connectivity index (χ0) is 4.41. The second kappa shape index (κ2) is 9.20. The van der Waals surface area contributed by atoms with Crippen LogP contribution in [0.4, 0.5) is 0 Å². The van der Waals surface area contributed by atoms with Gasteiger partial charge >= 0.3 is 23.1 Å². The predicted molar refractivity (Wildman–Crippen MR) is 28.0 cm³/mol. The van der Waals surface area contributed by atoms with Crippen LogP contribution in [0.25, 0.3) is 0 Å². The fourth-order valence-corrected chi connectivity index (χ4v) is 0.565. The Morgan fingerprint density at radius 3 is 2.00 bits per heavy atom. The third kappa shape index (κ3) is 7.09. The van der Waals surface area contributed by atoms with Gasteiger partial charge in [0.2, 0.25) is 5.91 Å². The van der Waals surface area contributed by atoms with E-state index >= 15 is 0 Å². The molecule has 0 radical (unpaired) electrons. The van der Waals surface area contributed by atoms with E-state index in [2.05, 4.69) is 5.32 Å². The van der Waals surface area contributed by atoms with E-state index in [0.717, 1.165) is 19.4 Å². The molecular weight excluding hydrogens is 262 g/mol. The van der Waals surface area contributed by atoms with Gasteiger partial charge in [-0.2, -0.15) is 0 Å². The Bertz CT molecular complexity index is 73.0. The van der Waals surface area contributed by atoms with Gasteiger partial charge in [-0.05, 0) is 6.42 Å². The van der Waals surface area contributed by atoms with Crippen LogP contribution in [0.15, 0.2) is 0 Å². The molecule has 0 saturated carbocycles. The summed E-state index contributed by atoms with van der Waals surface area (Å²) in [6, 6.07) is 0. The molecule has 9 heavy (non-hydrogen) atoms. The number of amides is 1. The molecule has 0 atom stereocenters. The molecular formula is C4H7Br2MgNO. The third-order valence-electron chi connectivity index (χ3n) is 0.903. The van der Waals surface area contributed by atoms with Crippen molar-refractivity contribution in [2.45, 2.75) is 12.8 Å². The number of rotatable bonds is 0. The minimum Gasteiger partial charge on any atom is -1.00 e. The SMILES string of the molecule is O=C1CCCN1.[Br-].[Br-].[Mg+2]. The Labute approximate surface area is 91.8 Å². The second-order valence-corrected chi connectivity index (χ2v) is 1.45. The van der Waals surface area contributed by atoms with Gasteiger partial charge < -0.3 is 39.3 Å². The average Bonchev–Trinajstić information content (AvgIpc) is 1.86. The molecule has 1 rings (SSSR count). The van der Waals surface area contributed by atoms with Crippen molar-refractivity contribution in [3.05, 3.63) is 0 Å². The van der Waals surface area contributed by atoms with Crippen molar-refractivity contribution < 1.29 is 38.8 Å². The number of hydrogen-bond acceptors (Lipinski definition) is 1. The Morgan fingerprint density at radius 2 is 1.89 bits per heavy atom. The summed E-state index contributed by atoms with van der Waals surface area (Å²) in [5, 5.41) is 2.68. The maximum absolute atomic E-state index is 10.1. The maximum Gasteiger partial charge on any atom is 2.00 e. The van der Waals surface area contributed by atoms with E-state index in [1.165, 1.54) is 0 Å². The summed E-state index contributed by atoms with van der Waals surface area (Å²) < 4.78 is 0. The van der Waals surface area contributed by atoms with Gasteiger partial charge in [-0.1, -0.05) is 0 Å². The summed E-state index contributed by atoms with van der Waals surface area (Å²) >= 11 is 0. The van der Waals surface area contributed by atoms with Gasteiger partial charge in [0.05, 0.1) is 0 Å². The van der Waals surface area contributed by atoms with Crippen LogP contribution in [0.3, 0.4) is 0 Å². The first-order valence-corrected chi connectivity index (χ1v) is 2.16. The largest absolute Gasteiger partial charge is 2.00 e. The van der Waals surface area contributed by atoms with Crippen LogP contribution in [-0.2, 0) is 4.79 Å². The van der Waals surface area contributed by atoms with Gasteiger partial charge in [0, 0.05) is 13.0 Å². The molecule has 0 unspecified atom stereocenters. The summed E-state index contributed by atoms with van der Waals surface area (Å²) in [5.41, 5.74) is 0. The molecule has 1 aliphatic heterocycles. The first-order chi connectivity index (χ1) is 2.89. The molecule has 0 aromatic heterocycles. The molecule has 5 heteroatoms. The molecule has 0 aliphatic carbocycles. The molecule has 1 aliphatic rings. The molecule has 0 bridgehead atoms. The van der Waals surface area contributed by atoms with Crippen LogP contribution in [0, 0.1) is 0 Å². The van der Waals surface area contributed by atoms with Gasteiger partial charge in [-0.25, -0.2) is 0 Å². The van der Waals surface area contributed by atoms with Crippen LogP contribution in [0.1, 0.15) is 12.8 Å². The van der Waals surface area contributed by atoms with Gasteiger partial charge in [0.1, 0.15) is 0 Å². The molecule has 0 spiro atoms. The number of nitrogens with one attached hydrogen (secondary N) is 1.